The molecule has 32 heteroatoms. The minimum absolute atomic E-state index is 0.0408. The van der Waals surface area contributed by atoms with Gasteiger partial charge in [0.15, 0.2) is 6.61 Å². The molecule has 7 amide bonds. The number of aromatic nitrogens is 1. The van der Waals surface area contributed by atoms with Crippen molar-refractivity contribution in [2.45, 2.75) is 115 Å². The van der Waals surface area contributed by atoms with Gasteiger partial charge in [-0.3, -0.25) is 72.5 Å². The van der Waals surface area contributed by atoms with Crippen LogP contribution >= 0.6 is 0 Å². The Labute approximate surface area is 594 Å². The summed E-state index contributed by atoms with van der Waals surface area (Å²) in [5.74, 6) is -6.60. The average Bonchev–Trinajstić information content (AvgIpc) is 0.983. The molecule has 5 rings (SSSR count). The molecule has 102 heavy (non-hydrogen) atoms. The lowest BCUT2D eigenvalue weighted by Crippen LogP contribution is -2.51. The first-order valence-corrected chi connectivity index (χ1v) is 35.0. The minimum atomic E-state index is -1.31. The Balaban J connectivity index is 1.02. The fourth-order valence-corrected chi connectivity index (χ4v) is 11.5. The van der Waals surface area contributed by atoms with Gasteiger partial charge in [0, 0.05) is 109 Å². The number of amides is 7. The summed E-state index contributed by atoms with van der Waals surface area (Å²) < 4.78 is 22.4. The maximum Gasteiger partial charge on any atom is 0.326 e. The van der Waals surface area contributed by atoms with Crippen LogP contribution < -0.4 is 36.6 Å². The van der Waals surface area contributed by atoms with Gasteiger partial charge in [0.2, 0.25) is 29.5 Å². The first-order chi connectivity index (χ1) is 49.0. The second-order valence-corrected chi connectivity index (χ2v) is 25.6. The summed E-state index contributed by atoms with van der Waals surface area (Å²) in [5.41, 5.74) is 3.15. The maximum absolute atomic E-state index is 13.8. The summed E-state index contributed by atoms with van der Waals surface area (Å²) in [5, 5.41) is 65.0. The van der Waals surface area contributed by atoms with Gasteiger partial charge >= 0.3 is 23.9 Å². The van der Waals surface area contributed by atoms with E-state index >= 15 is 0 Å². The van der Waals surface area contributed by atoms with Crippen molar-refractivity contribution in [2.75, 3.05) is 158 Å². The number of hydrogen-bond donors (Lipinski definition) is 10. The summed E-state index contributed by atoms with van der Waals surface area (Å²) in [7, 11) is 0. The van der Waals surface area contributed by atoms with Crippen molar-refractivity contribution >= 4 is 76.1 Å². The smallest absolute Gasteiger partial charge is 0.326 e. The molecule has 3 aromatic rings. The number of carboxylic acids is 4. The highest BCUT2D eigenvalue weighted by atomic mass is 16.5. The maximum atomic E-state index is 13.8. The molecule has 0 radical (unpaired) electrons. The Morgan fingerprint density at radius 2 is 1.12 bits per heavy atom. The van der Waals surface area contributed by atoms with Gasteiger partial charge in [0.1, 0.15) is 23.9 Å². The Morgan fingerprint density at radius 3 is 1.70 bits per heavy atom. The van der Waals surface area contributed by atoms with Crippen LogP contribution in [0.5, 0.6) is 5.75 Å². The normalized spacial score (nSPS) is 15.6. The van der Waals surface area contributed by atoms with Crippen molar-refractivity contribution in [1.82, 2.24) is 61.4 Å². The number of nitrogens with zero attached hydrogens (tertiary/aromatic N) is 7. The van der Waals surface area contributed by atoms with Gasteiger partial charge in [-0.05, 0) is 106 Å². The van der Waals surface area contributed by atoms with E-state index in [1.807, 2.05) is 0 Å². The number of fused-ring (bicyclic) bond motifs is 1. The van der Waals surface area contributed by atoms with Crippen LogP contribution in [-0.2, 0) is 75.0 Å². The Kier molecular flexibility index (Phi) is 38.8. The van der Waals surface area contributed by atoms with Crippen LogP contribution in [0.4, 0.5) is 0 Å². The van der Waals surface area contributed by atoms with E-state index in [1.54, 1.807) is 37.8 Å². The first kappa shape index (κ1) is 83.7. The summed E-state index contributed by atoms with van der Waals surface area (Å²) in [6, 6.07) is 13.9. The number of rotatable bonds is 46. The molecule has 2 aliphatic rings. The highest BCUT2D eigenvalue weighted by Gasteiger charge is 2.30. The van der Waals surface area contributed by atoms with Crippen LogP contribution in [0.1, 0.15) is 106 Å². The fraction of sp³-hybridized carbons (Fsp3) is 0.614. The quantitative estimate of drug-likeness (QED) is 0.0349. The molecule has 3 unspecified atom stereocenters. The number of benzene rings is 2. The molecule has 32 nitrogen and oxygen atoms in total. The van der Waals surface area contributed by atoms with Crippen LogP contribution in [0.3, 0.4) is 0 Å². The van der Waals surface area contributed by atoms with E-state index in [4.69, 9.17) is 18.9 Å². The summed E-state index contributed by atoms with van der Waals surface area (Å²) in [4.78, 5) is 151. The second kappa shape index (κ2) is 47.3. The van der Waals surface area contributed by atoms with Crippen molar-refractivity contribution in [3.63, 3.8) is 0 Å². The minimum Gasteiger partial charge on any atom is -0.484 e. The van der Waals surface area contributed by atoms with Crippen molar-refractivity contribution in [3.8, 4) is 11.8 Å². The number of unbranched alkanes of at least 4 members (excludes halogenated alkanes) is 2. The highest BCUT2D eigenvalue weighted by Crippen LogP contribution is 2.23. The predicted molar refractivity (Wildman–Crippen MR) is 372 cm³/mol. The van der Waals surface area contributed by atoms with Crippen molar-refractivity contribution in [1.29, 1.82) is 5.26 Å². The number of pyridine rings is 1. The largest absolute Gasteiger partial charge is 0.484 e. The van der Waals surface area contributed by atoms with E-state index in [0.29, 0.717) is 86.2 Å². The standard InChI is InChI=1S/C70H103N13O19/c1-50(2)41-52-16-14-51(15-17-52)9-7-13-60(84)73-22-6-4-12-58(70(97)98)78-69(96)57(11-3-5-23-74-62(86)45-79-27-29-80(46-65(89)90)31-33-82(48-67(93)94)34-32-81(30-28-79)47-66(91)92)77-61(85)21-35-99-37-39-101-40-38-100-36-25-75-63(87)49-102-54-18-19-55-56(20-24-72-59(55)42-54)68(95)76-44-64(88)83-26-8-10-53(83)43-71/h14-20,24,42,50,53,57-58H,3-13,21-23,25-41,44-49H2,1-2H3,(H,73,84)(H,74,86)(H,75,87)(H,76,95)(H,77,85)(H,78,96)(H,89,90)(H,91,92)(H,93,94)(H,97,98). The molecular weight excluding hydrogens is 1330 g/mol. The second-order valence-electron chi connectivity index (χ2n) is 25.6. The molecule has 1 aromatic heterocycles. The van der Waals surface area contributed by atoms with E-state index in [1.165, 1.54) is 22.7 Å². The van der Waals surface area contributed by atoms with Crippen molar-refractivity contribution < 1.29 is 92.1 Å². The number of nitriles is 1. The number of hydrogen-bond acceptors (Lipinski definition) is 21. The Morgan fingerprint density at radius 1 is 0.569 bits per heavy atom. The van der Waals surface area contributed by atoms with Crippen LogP contribution in [0.2, 0.25) is 0 Å². The Bertz CT molecular complexity index is 3200. The zero-order chi connectivity index (χ0) is 74.0. The average molecular weight is 1430 g/mol. The van der Waals surface area contributed by atoms with E-state index < -0.39 is 65.6 Å². The number of aliphatic carboxylic acids is 4. The molecule has 10 N–H and O–H groups in total. The highest BCUT2D eigenvalue weighted by molar-refractivity contribution is 6.07. The molecular formula is C70H103N13O19. The van der Waals surface area contributed by atoms with E-state index in [0.717, 1.165) is 24.8 Å². The van der Waals surface area contributed by atoms with Gasteiger partial charge < -0.3 is 76.2 Å². The van der Waals surface area contributed by atoms with Crippen molar-refractivity contribution in [3.05, 3.63) is 71.4 Å². The zero-order valence-electron chi connectivity index (χ0n) is 58.7. The Hall–Kier alpha value is -8.97. The van der Waals surface area contributed by atoms with E-state index in [-0.39, 0.29) is 181 Å². The van der Waals surface area contributed by atoms with E-state index in [9.17, 15) is 78.4 Å². The molecule has 2 aromatic carbocycles. The lowest BCUT2D eigenvalue weighted by molar-refractivity contribution is -0.142. The van der Waals surface area contributed by atoms with Crippen LogP contribution in [0.15, 0.2) is 54.7 Å². The first-order valence-electron chi connectivity index (χ1n) is 35.0. The molecule has 3 heterocycles. The monoisotopic (exact) mass is 1430 g/mol. The SMILES string of the molecule is CC(C)Cc1ccc(CCCC(=O)NCCCCC(NC(=O)C(CCCCNC(=O)CN2CCN(CC(=O)O)CCN(CC(=O)O)CCN(CC(=O)O)CC2)NC(=O)CCOCCOCCOCCNC(=O)COc2ccc3c(C(=O)NCC(=O)N4CCCC4C#N)ccnc3c2)C(=O)O)cc1. The zero-order valence-corrected chi connectivity index (χ0v) is 58.7. The lowest BCUT2D eigenvalue weighted by atomic mass is 10.00. The van der Waals surface area contributed by atoms with Crippen LogP contribution in [0, 0.1) is 17.2 Å². The number of carbonyl (C=O) groups is 11. The van der Waals surface area contributed by atoms with Crippen LogP contribution in [-0.4, -0.2) is 291 Å². The lowest BCUT2D eigenvalue weighted by Gasteiger charge is -2.32. The molecule has 0 bridgehead atoms. The van der Waals surface area contributed by atoms with Gasteiger partial charge in [-0.2, -0.15) is 5.26 Å². The number of aryl methyl sites for hydroxylation is 1. The topological polar surface area (TPSA) is 431 Å². The van der Waals surface area contributed by atoms with Gasteiger partial charge in [0.25, 0.3) is 11.8 Å². The molecule has 562 valence electrons. The van der Waals surface area contributed by atoms with E-state index in [2.05, 4.69) is 81.1 Å². The number of carboxylic acid groups (broad SMARTS) is 4. The third kappa shape index (κ3) is 34.1. The summed E-state index contributed by atoms with van der Waals surface area (Å²) in [6.45, 7) is 6.46. The molecule has 3 atom stereocenters. The molecule has 0 saturated carbocycles. The number of carbonyl (C=O) groups excluding carboxylic acids is 7. The summed E-state index contributed by atoms with van der Waals surface area (Å²) in [6.07, 6.45) is 6.96. The number of likely N-dealkylation sites (tertiary alicyclic amines) is 1. The molecule has 2 aliphatic heterocycles. The number of nitrogens with one attached hydrogen (secondary N) is 6. The molecule has 0 spiro atoms. The third-order valence-corrected chi connectivity index (χ3v) is 16.9. The van der Waals surface area contributed by atoms with Crippen LogP contribution in [0.25, 0.3) is 10.9 Å². The van der Waals surface area contributed by atoms with Crippen molar-refractivity contribution in [2.24, 2.45) is 5.92 Å². The molecule has 0 aliphatic carbocycles. The van der Waals surface area contributed by atoms with Gasteiger partial charge in [-0.1, -0.05) is 38.1 Å². The van der Waals surface area contributed by atoms with Gasteiger partial charge in [-0.15, -0.1) is 0 Å². The third-order valence-electron chi connectivity index (χ3n) is 16.9. The summed E-state index contributed by atoms with van der Waals surface area (Å²) >= 11 is 0. The predicted octanol–water partition coefficient (Wildman–Crippen LogP) is 0.738. The molecule has 2 saturated heterocycles. The van der Waals surface area contributed by atoms with Gasteiger partial charge in [0.05, 0.1) is 89.5 Å². The fourth-order valence-electron chi connectivity index (χ4n) is 11.5. The molecule has 2 fully saturated rings. The number of ether oxygens (including phenoxy) is 4. The van der Waals surface area contributed by atoms with Gasteiger partial charge in [-0.25, -0.2) is 4.79 Å².